The molecule has 15 heavy (non-hydrogen) atoms. The Morgan fingerprint density at radius 1 is 1.27 bits per heavy atom. The number of aromatic nitrogens is 2. The monoisotopic (exact) mass is 214 g/mol. The minimum absolute atomic E-state index is 0.407. The third kappa shape index (κ3) is 1.39. The Hall–Kier alpha value is -1.48. The molecular formula is C12H10N2S. The fourth-order valence-corrected chi connectivity index (χ4v) is 2.23. The fourth-order valence-electron chi connectivity index (χ4n) is 2.07. The van der Waals surface area contributed by atoms with Gasteiger partial charge in [0.15, 0.2) is 0 Å². The molecule has 2 aromatic rings. The number of hydrogen-bond acceptors (Lipinski definition) is 2. The van der Waals surface area contributed by atoms with Crippen LogP contribution in [0, 0.1) is 4.64 Å². The first-order valence-electron chi connectivity index (χ1n) is 4.97. The van der Waals surface area contributed by atoms with Gasteiger partial charge in [-0.1, -0.05) is 36.5 Å². The topological polar surface area (TPSA) is 28.7 Å². The third-order valence-corrected chi connectivity index (χ3v) is 3.11. The molecule has 1 aromatic heterocycles. The molecule has 2 nitrogen and oxygen atoms in total. The minimum Gasteiger partial charge on any atom is -0.334 e. The quantitative estimate of drug-likeness (QED) is 0.739. The lowest BCUT2D eigenvalue weighted by molar-refractivity contribution is 0.658. The third-order valence-electron chi connectivity index (χ3n) is 2.88. The van der Waals surface area contributed by atoms with E-state index in [9.17, 15) is 0 Å². The molecule has 1 unspecified atom stereocenters. The van der Waals surface area contributed by atoms with Gasteiger partial charge < -0.3 is 4.98 Å². The number of fused-ring (bicyclic) bond motifs is 1. The van der Waals surface area contributed by atoms with Crippen molar-refractivity contribution in [3.8, 4) is 0 Å². The number of H-pyrrole nitrogens is 1. The van der Waals surface area contributed by atoms with E-state index in [0.29, 0.717) is 5.92 Å². The molecule has 1 aliphatic rings. The number of hydrogen-bond donors (Lipinski definition) is 1. The van der Waals surface area contributed by atoms with Gasteiger partial charge in [0.1, 0.15) is 10.5 Å². The summed E-state index contributed by atoms with van der Waals surface area (Å²) in [6, 6.07) is 10.3. The van der Waals surface area contributed by atoms with Crippen molar-refractivity contribution < 1.29 is 0 Å². The summed E-state index contributed by atoms with van der Waals surface area (Å²) in [6.45, 7) is 0. The molecule has 0 saturated heterocycles. The summed E-state index contributed by atoms with van der Waals surface area (Å²) in [5.41, 5.74) is 2.80. The van der Waals surface area contributed by atoms with Crippen LogP contribution >= 0.6 is 12.2 Å². The van der Waals surface area contributed by atoms with Crippen molar-refractivity contribution in [3.63, 3.8) is 0 Å². The van der Waals surface area contributed by atoms with Crippen molar-refractivity contribution in [2.24, 2.45) is 0 Å². The largest absolute Gasteiger partial charge is 0.334 e. The molecule has 3 heteroatoms. The Bertz CT molecular complexity index is 559. The molecule has 0 amide bonds. The molecule has 1 N–H and O–H groups in total. The van der Waals surface area contributed by atoms with Gasteiger partial charge >= 0.3 is 0 Å². The first kappa shape index (κ1) is 8.80. The summed E-state index contributed by atoms with van der Waals surface area (Å²) in [7, 11) is 0. The van der Waals surface area contributed by atoms with E-state index in [1.807, 2.05) is 6.07 Å². The molecule has 74 valence electrons. The highest BCUT2D eigenvalue weighted by atomic mass is 32.1. The summed E-state index contributed by atoms with van der Waals surface area (Å²) in [6.07, 6.45) is 2.84. The van der Waals surface area contributed by atoms with Crippen molar-refractivity contribution in [3.05, 3.63) is 58.1 Å². The molecule has 0 fully saturated rings. The molecule has 1 aromatic carbocycles. The van der Waals surface area contributed by atoms with E-state index in [1.54, 1.807) is 6.20 Å². The number of nitrogens with one attached hydrogen (secondary N) is 1. The number of aromatic amines is 1. The fraction of sp³-hybridized carbons (Fsp3) is 0.167. The predicted molar refractivity (Wildman–Crippen MR) is 61.4 cm³/mol. The van der Waals surface area contributed by atoms with Gasteiger partial charge in [0.2, 0.25) is 0 Å². The highest BCUT2D eigenvalue weighted by Crippen LogP contribution is 2.37. The van der Waals surface area contributed by atoms with Crippen molar-refractivity contribution in [2.45, 2.75) is 12.3 Å². The van der Waals surface area contributed by atoms with E-state index in [-0.39, 0.29) is 0 Å². The molecule has 0 saturated carbocycles. The lowest BCUT2D eigenvalue weighted by Crippen LogP contribution is -2.20. The van der Waals surface area contributed by atoms with Crippen molar-refractivity contribution in [1.29, 1.82) is 0 Å². The van der Waals surface area contributed by atoms with Gasteiger partial charge in [-0.2, -0.15) is 0 Å². The summed E-state index contributed by atoms with van der Waals surface area (Å²) in [5.74, 6) is 1.39. The van der Waals surface area contributed by atoms with Crippen molar-refractivity contribution in [1.82, 2.24) is 9.97 Å². The molecule has 0 spiro atoms. The Morgan fingerprint density at radius 2 is 2.13 bits per heavy atom. The molecular weight excluding hydrogens is 204 g/mol. The van der Waals surface area contributed by atoms with Crippen LogP contribution < -0.4 is 0 Å². The summed E-state index contributed by atoms with van der Waals surface area (Å²) >= 11 is 5.09. The predicted octanol–water partition coefficient (Wildman–Crippen LogP) is 2.83. The normalized spacial score (nSPS) is 18.0. The molecule has 0 bridgehead atoms. The highest BCUT2D eigenvalue weighted by molar-refractivity contribution is 7.71. The minimum atomic E-state index is 0.407. The van der Waals surface area contributed by atoms with Gasteiger partial charge in [0.05, 0.1) is 0 Å². The van der Waals surface area contributed by atoms with Gasteiger partial charge in [-0.15, -0.1) is 0 Å². The average molecular weight is 214 g/mol. The van der Waals surface area contributed by atoms with E-state index in [2.05, 4.69) is 34.2 Å². The van der Waals surface area contributed by atoms with E-state index in [4.69, 9.17) is 12.2 Å². The molecule has 1 aliphatic carbocycles. The molecule has 1 heterocycles. The van der Waals surface area contributed by atoms with Gasteiger partial charge in [-0.25, -0.2) is 4.98 Å². The lowest BCUT2D eigenvalue weighted by Gasteiger charge is -2.28. The van der Waals surface area contributed by atoms with Crippen LogP contribution in [0.25, 0.3) is 0 Å². The SMILES string of the molecule is S=c1ccnc(C2Cc3ccccc32)[nH]1. The Kier molecular flexibility index (Phi) is 1.92. The maximum absolute atomic E-state index is 5.09. The number of rotatable bonds is 1. The zero-order chi connectivity index (χ0) is 10.3. The zero-order valence-corrected chi connectivity index (χ0v) is 8.92. The second kappa shape index (κ2) is 3.28. The van der Waals surface area contributed by atoms with Crippen LogP contribution in [0.1, 0.15) is 22.9 Å². The summed E-state index contributed by atoms with van der Waals surface area (Å²) in [5, 5.41) is 0. The standard InChI is InChI=1S/C12H10N2S/c15-11-5-6-13-12(14-11)10-7-8-3-1-2-4-9(8)10/h1-6,10H,7H2,(H,13,14,15). The summed E-state index contributed by atoms with van der Waals surface area (Å²) in [4.78, 5) is 7.49. The lowest BCUT2D eigenvalue weighted by atomic mass is 9.77. The van der Waals surface area contributed by atoms with Crippen LogP contribution in [-0.2, 0) is 6.42 Å². The Balaban J connectivity index is 2.03. The maximum Gasteiger partial charge on any atom is 0.114 e. The summed E-state index contributed by atoms with van der Waals surface area (Å²) < 4.78 is 0.754. The van der Waals surface area contributed by atoms with E-state index in [1.165, 1.54) is 11.1 Å². The second-order valence-electron chi connectivity index (χ2n) is 3.77. The molecule has 0 aliphatic heterocycles. The van der Waals surface area contributed by atoms with Gasteiger partial charge in [0, 0.05) is 12.1 Å². The second-order valence-corrected chi connectivity index (χ2v) is 4.21. The number of nitrogens with zero attached hydrogens (tertiary/aromatic N) is 1. The molecule has 1 atom stereocenters. The number of benzene rings is 1. The van der Waals surface area contributed by atoms with E-state index < -0.39 is 0 Å². The highest BCUT2D eigenvalue weighted by Gasteiger charge is 2.28. The first-order valence-corrected chi connectivity index (χ1v) is 5.38. The van der Waals surface area contributed by atoms with Crippen LogP contribution in [0.2, 0.25) is 0 Å². The Morgan fingerprint density at radius 3 is 2.93 bits per heavy atom. The van der Waals surface area contributed by atoms with Gasteiger partial charge in [0.25, 0.3) is 0 Å². The van der Waals surface area contributed by atoms with Crippen LogP contribution in [0.4, 0.5) is 0 Å². The smallest absolute Gasteiger partial charge is 0.114 e. The van der Waals surface area contributed by atoms with Crippen molar-refractivity contribution in [2.75, 3.05) is 0 Å². The maximum atomic E-state index is 5.09. The average Bonchev–Trinajstić information content (AvgIpc) is 2.20. The van der Waals surface area contributed by atoms with E-state index in [0.717, 1.165) is 16.9 Å². The van der Waals surface area contributed by atoms with Gasteiger partial charge in [-0.3, -0.25) is 0 Å². The van der Waals surface area contributed by atoms with Crippen LogP contribution in [0.3, 0.4) is 0 Å². The van der Waals surface area contributed by atoms with E-state index >= 15 is 0 Å². The van der Waals surface area contributed by atoms with Crippen molar-refractivity contribution >= 4 is 12.2 Å². The Labute approximate surface area is 93.0 Å². The van der Waals surface area contributed by atoms with Crippen LogP contribution in [0.15, 0.2) is 36.5 Å². The van der Waals surface area contributed by atoms with Crippen LogP contribution in [-0.4, -0.2) is 9.97 Å². The molecule has 0 radical (unpaired) electrons. The van der Waals surface area contributed by atoms with Gasteiger partial charge in [-0.05, 0) is 23.6 Å². The molecule has 3 rings (SSSR count). The zero-order valence-electron chi connectivity index (χ0n) is 8.10. The van der Waals surface area contributed by atoms with Crippen LogP contribution in [0.5, 0.6) is 0 Å². The first-order chi connectivity index (χ1) is 7.34.